The van der Waals surface area contributed by atoms with Crippen molar-refractivity contribution in [2.45, 2.75) is 122 Å². The average Bonchev–Trinajstić information content (AvgIpc) is 3.09. The Labute approximate surface area is 201 Å². The molecule has 0 aliphatic carbocycles. The number of carbonyl (C=O) groups excluding carboxylic acids is 1. The van der Waals surface area contributed by atoms with Crippen molar-refractivity contribution in [2.75, 3.05) is 13.9 Å². The maximum absolute atomic E-state index is 12.7. The molecule has 0 amide bonds. The summed E-state index contributed by atoms with van der Waals surface area (Å²) in [4.78, 5) is 12.7. The first-order valence-corrected chi connectivity index (χ1v) is 13.1. The van der Waals surface area contributed by atoms with E-state index in [4.69, 9.17) is 18.9 Å². The summed E-state index contributed by atoms with van der Waals surface area (Å²) in [6.45, 7) is 12.8. The van der Waals surface area contributed by atoms with E-state index in [1.807, 2.05) is 6.92 Å². The molecule has 0 saturated carbocycles. The number of esters is 1. The molecule has 2 aliphatic heterocycles. The SMILES string of the molecule is C=C1C[C@@H](CCC)OC(=O)[C@H](C)CCCC[C@@H]2O[C@H](C[C@@H]2C)C[C@H](O)[C@@H](OCOC)[C@H](C)C1. The molecular formula is C27H48O6. The van der Waals surface area contributed by atoms with Crippen LogP contribution >= 0.6 is 0 Å². The molecule has 33 heavy (non-hydrogen) atoms. The van der Waals surface area contributed by atoms with Gasteiger partial charge in [0.15, 0.2) is 0 Å². The van der Waals surface area contributed by atoms with E-state index in [0.717, 1.165) is 50.5 Å². The predicted molar refractivity (Wildman–Crippen MR) is 130 cm³/mol. The van der Waals surface area contributed by atoms with Crippen LogP contribution < -0.4 is 0 Å². The Hall–Kier alpha value is -0.950. The Balaban J connectivity index is 2.15. The second-order valence-corrected chi connectivity index (χ2v) is 10.5. The fourth-order valence-electron chi connectivity index (χ4n) is 5.41. The van der Waals surface area contributed by atoms with Gasteiger partial charge in [-0.15, -0.1) is 0 Å². The van der Waals surface area contributed by atoms with Gasteiger partial charge in [-0.05, 0) is 43.9 Å². The maximum Gasteiger partial charge on any atom is 0.308 e. The topological polar surface area (TPSA) is 74.2 Å². The highest BCUT2D eigenvalue weighted by molar-refractivity contribution is 5.72. The Morgan fingerprint density at radius 2 is 1.82 bits per heavy atom. The van der Waals surface area contributed by atoms with E-state index in [9.17, 15) is 9.90 Å². The van der Waals surface area contributed by atoms with Gasteiger partial charge in [-0.3, -0.25) is 4.79 Å². The highest BCUT2D eigenvalue weighted by Gasteiger charge is 2.36. The summed E-state index contributed by atoms with van der Waals surface area (Å²) < 4.78 is 23.3. The first-order valence-electron chi connectivity index (χ1n) is 13.1. The normalized spacial score (nSPS) is 37.9. The molecule has 0 aromatic rings. The molecule has 6 nitrogen and oxygen atoms in total. The molecule has 8 atom stereocenters. The fraction of sp³-hybridized carbons (Fsp3) is 0.889. The summed E-state index contributed by atoms with van der Waals surface area (Å²) in [7, 11) is 1.59. The van der Waals surface area contributed by atoms with E-state index in [1.54, 1.807) is 7.11 Å². The van der Waals surface area contributed by atoms with Gasteiger partial charge in [0.2, 0.25) is 0 Å². The minimum Gasteiger partial charge on any atom is -0.462 e. The number of rotatable bonds is 5. The van der Waals surface area contributed by atoms with E-state index < -0.39 is 6.10 Å². The zero-order valence-corrected chi connectivity index (χ0v) is 21.6. The maximum atomic E-state index is 12.7. The number of cyclic esters (lactones) is 1. The summed E-state index contributed by atoms with van der Waals surface area (Å²) in [5.74, 6) is 0.329. The lowest BCUT2D eigenvalue weighted by molar-refractivity contribution is -0.154. The minimum absolute atomic E-state index is 0.0470. The molecule has 1 N–H and O–H groups in total. The predicted octanol–water partition coefficient (Wildman–Crippen LogP) is 5.41. The van der Waals surface area contributed by atoms with Gasteiger partial charge in [0.05, 0.1) is 30.3 Å². The summed E-state index contributed by atoms with van der Waals surface area (Å²) in [6, 6.07) is 0. The van der Waals surface area contributed by atoms with Crippen molar-refractivity contribution < 1.29 is 28.8 Å². The van der Waals surface area contributed by atoms with Gasteiger partial charge in [-0.25, -0.2) is 0 Å². The summed E-state index contributed by atoms with van der Waals surface area (Å²) in [6.07, 6.45) is 7.64. The van der Waals surface area contributed by atoms with Crippen LogP contribution in [0.2, 0.25) is 0 Å². The van der Waals surface area contributed by atoms with Crippen LogP contribution in [0, 0.1) is 17.8 Å². The van der Waals surface area contributed by atoms with Gasteiger partial charge < -0.3 is 24.1 Å². The van der Waals surface area contributed by atoms with Crippen LogP contribution in [0.25, 0.3) is 0 Å². The van der Waals surface area contributed by atoms with Crippen LogP contribution in [-0.2, 0) is 23.7 Å². The minimum atomic E-state index is -0.636. The lowest BCUT2D eigenvalue weighted by atomic mass is 9.88. The van der Waals surface area contributed by atoms with Gasteiger partial charge in [0, 0.05) is 20.0 Å². The second kappa shape index (κ2) is 14.4. The number of fused-ring (bicyclic) bond motifs is 2. The number of hydrogen-bond donors (Lipinski definition) is 1. The molecule has 2 rings (SSSR count). The zero-order valence-electron chi connectivity index (χ0n) is 21.6. The Morgan fingerprint density at radius 3 is 2.52 bits per heavy atom. The first-order chi connectivity index (χ1) is 15.7. The van der Waals surface area contributed by atoms with Crippen LogP contribution in [0.3, 0.4) is 0 Å². The lowest BCUT2D eigenvalue weighted by Gasteiger charge is -2.31. The number of methoxy groups -OCH3 is 1. The van der Waals surface area contributed by atoms with Gasteiger partial charge in [-0.1, -0.05) is 59.1 Å². The third-order valence-electron chi connectivity index (χ3n) is 7.26. The van der Waals surface area contributed by atoms with Crippen molar-refractivity contribution in [1.29, 1.82) is 0 Å². The Morgan fingerprint density at radius 1 is 1.09 bits per heavy atom. The van der Waals surface area contributed by atoms with Crippen molar-refractivity contribution in [3.05, 3.63) is 12.2 Å². The fourth-order valence-corrected chi connectivity index (χ4v) is 5.41. The monoisotopic (exact) mass is 468 g/mol. The van der Waals surface area contributed by atoms with E-state index in [-0.39, 0.29) is 49.0 Å². The largest absolute Gasteiger partial charge is 0.462 e. The summed E-state index contributed by atoms with van der Waals surface area (Å²) in [5.41, 5.74) is 1.02. The Kier molecular flexibility index (Phi) is 12.4. The molecule has 2 heterocycles. The lowest BCUT2D eigenvalue weighted by Crippen LogP contribution is -2.38. The molecule has 0 aromatic heterocycles. The van der Waals surface area contributed by atoms with Gasteiger partial charge in [0.25, 0.3) is 0 Å². The number of ether oxygens (including phenoxy) is 4. The third kappa shape index (κ3) is 9.31. The van der Waals surface area contributed by atoms with Gasteiger partial charge >= 0.3 is 5.97 Å². The standard InChI is InChI=1S/C27H48O6/c1-7-10-22-14-18(2)13-21(5)26(31-17-30-6)24(28)16-23-15-20(4)25(32-23)12-9-8-11-19(3)27(29)33-22/h19-26,28H,2,7-17H2,1,3-6H3/t19-,20+,21-,22-,23-,24+,25+,26+/m1/s1. The third-order valence-corrected chi connectivity index (χ3v) is 7.26. The highest BCUT2D eigenvalue weighted by atomic mass is 16.7. The van der Waals surface area contributed by atoms with Crippen LogP contribution in [0.15, 0.2) is 12.2 Å². The van der Waals surface area contributed by atoms with Crippen molar-refractivity contribution in [3.8, 4) is 0 Å². The molecule has 6 heteroatoms. The average molecular weight is 469 g/mol. The molecule has 0 aromatic carbocycles. The molecule has 192 valence electrons. The van der Waals surface area contributed by atoms with Crippen molar-refractivity contribution >= 4 is 5.97 Å². The zero-order chi connectivity index (χ0) is 24.4. The number of aliphatic hydroxyl groups excluding tert-OH is 1. The molecule has 0 unspecified atom stereocenters. The van der Waals surface area contributed by atoms with E-state index >= 15 is 0 Å². The molecule has 2 saturated heterocycles. The van der Waals surface area contributed by atoms with Gasteiger partial charge in [-0.2, -0.15) is 0 Å². The van der Waals surface area contributed by atoms with Crippen LogP contribution in [0.4, 0.5) is 0 Å². The number of hydrogen-bond acceptors (Lipinski definition) is 6. The molecule has 2 fully saturated rings. The molecule has 0 spiro atoms. The molecular weight excluding hydrogens is 420 g/mol. The van der Waals surface area contributed by atoms with E-state index in [0.29, 0.717) is 25.2 Å². The van der Waals surface area contributed by atoms with Crippen LogP contribution in [-0.4, -0.2) is 55.5 Å². The van der Waals surface area contributed by atoms with E-state index in [1.165, 1.54) is 0 Å². The van der Waals surface area contributed by atoms with Crippen molar-refractivity contribution in [1.82, 2.24) is 0 Å². The van der Waals surface area contributed by atoms with E-state index in [2.05, 4.69) is 27.4 Å². The summed E-state index contributed by atoms with van der Waals surface area (Å²) >= 11 is 0. The smallest absolute Gasteiger partial charge is 0.308 e. The Bertz CT molecular complexity index is 593. The van der Waals surface area contributed by atoms with Crippen molar-refractivity contribution in [3.63, 3.8) is 0 Å². The van der Waals surface area contributed by atoms with Crippen LogP contribution in [0.5, 0.6) is 0 Å². The highest BCUT2D eigenvalue weighted by Crippen LogP contribution is 2.34. The molecule has 2 bridgehead atoms. The molecule has 2 aliphatic rings. The van der Waals surface area contributed by atoms with Crippen LogP contribution in [0.1, 0.15) is 91.9 Å². The number of aliphatic hydroxyl groups is 1. The quantitative estimate of drug-likeness (QED) is 0.330. The second-order valence-electron chi connectivity index (χ2n) is 10.5. The van der Waals surface area contributed by atoms with Gasteiger partial charge in [0.1, 0.15) is 12.9 Å². The molecule has 0 radical (unpaired) electrons. The van der Waals surface area contributed by atoms with Crippen molar-refractivity contribution in [2.24, 2.45) is 17.8 Å². The summed E-state index contributed by atoms with van der Waals surface area (Å²) in [5, 5.41) is 11.1. The number of carbonyl (C=O) groups is 1. The first kappa shape index (κ1) is 28.3.